The van der Waals surface area contributed by atoms with E-state index in [2.05, 4.69) is 5.32 Å². The zero-order valence-corrected chi connectivity index (χ0v) is 11.4. The molecule has 1 aromatic carbocycles. The van der Waals surface area contributed by atoms with Crippen molar-refractivity contribution in [3.63, 3.8) is 0 Å². The number of hydrogen-bond acceptors (Lipinski definition) is 3. The number of nitrogens with one attached hydrogen (secondary N) is 1. The van der Waals surface area contributed by atoms with E-state index in [4.69, 9.17) is 9.84 Å². The Morgan fingerprint density at radius 2 is 2.40 bits per heavy atom. The molecule has 1 unspecified atom stereocenters. The van der Waals surface area contributed by atoms with Crippen LogP contribution < -0.4 is 10.1 Å². The van der Waals surface area contributed by atoms with E-state index in [9.17, 15) is 9.18 Å². The van der Waals surface area contributed by atoms with Crippen LogP contribution in [0.1, 0.15) is 18.4 Å². The minimum absolute atomic E-state index is 0.0981. The molecule has 2 rings (SSSR count). The van der Waals surface area contributed by atoms with Crippen LogP contribution in [0.5, 0.6) is 5.75 Å². The van der Waals surface area contributed by atoms with Crippen LogP contribution in [0, 0.1) is 5.82 Å². The number of carbonyl (C=O) groups is 1. The van der Waals surface area contributed by atoms with Crippen LogP contribution in [0.2, 0.25) is 0 Å². The molecule has 110 valence electrons. The van der Waals surface area contributed by atoms with Gasteiger partial charge in [0, 0.05) is 24.7 Å². The molecular weight excluding hydrogens is 263 g/mol. The Bertz CT molecular complexity index is 481. The van der Waals surface area contributed by atoms with Crippen molar-refractivity contribution < 1.29 is 19.0 Å². The Labute approximate surface area is 117 Å². The summed E-state index contributed by atoms with van der Waals surface area (Å²) in [6.45, 7) is 1.84. The second-order valence-corrected chi connectivity index (χ2v) is 4.94. The van der Waals surface area contributed by atoms with Gasteiger partial charge in [0.05, 0.1) is 7.11 Å². The smallest absolute Gasteiger partial charge is 0.404 e. The second-order valence-electron chi connectivity index (χ2n) is 4.94. The minimum atomic E-state index is -1.01. The predicted molar refractivity (Wildman–Crippen MR) is 72.4 cm³/mol. The van der Waals surface area contributed by atoms with Gasteiger partial charge in [-0.1, -0.05) is 6.07 Å². The molecule has 1 aromatic rings. The highest BCUT2D eigenvalue weighted by molar-refractivity contribution is 5.64. The minimum Gasteiger partial charge on any atom is -0.496 e. The van der Waals surface area contributed by atoms with Crippen LogP contribution >= 0.6 is 0 Å². The molecule has 1 fully saturated rings. The SMILES string of the molecule is COc1cccc(F)c1CN1CCCC(NC(=O)O)C1. The molecule has 0 saturated carbocycles. The fourth-order valence-electron chi connectivity index (χ4n) is 2.60. The number of hydrogen-bond donors (Lipinski definition) is 2. The van der Waals surface area contributed by atoms with Gasteiger partial charge in [-0.3, -0.25) is 4.90 Å². The van der Waals surface area contributed by atoms with Crippen LogP contribution in [0.3, 0.4) is 0 Å². The summed E-state index contributed by atoms with van der Waals surface area (Å²) in [4.78, 5) is 12.7. The number of likely N-dealkylation sites (tertiary alicyclic amines) is 1. The Kier molecular flexibility index (Phi) is 4.79. The lowest BCUT2D eigenvalue weighted by Crippen LogP contribution is -2.47. The summed E-state index contributed by atoms with van der Waals surface area (Å²) < 4.78 is 19.1. The average Bonchev–Trinajstić information content (AvgIpc) is 2.41. The van der Waals surface area contributed by atoms with Gasteiger partial charge in [0.1, 0.15) is 11.6 Å². The third-order valence-corrected chi connectivity index (χ3v) is 3.51. The quantitative estimate of drug-likeness (QED) is 0.887. The Morgan fingerprint density at radius 3 is 3.10 bits per heavy atom. The summed E-state index contributed by atoms with van der Waals surface area (Å²) in [5.41, 5.74) is 0.519. The van der Waals surface area contributed by atoms with E-state index in [0.29, 0.717) is 24.4 Å². The Balaban J connectivity index is 2.04. The molecule has 1 heterocycles. The summed E-state index contributed by atoms with van der Waals surface area (Å²) in [5.74, 6) is 0.232. The summed E-state index contributed by atoms with van der Waals surface area (Å²) in [6, 6.07) is 4.66. The molecule has 2 N–H and O–H groups in total. The zero-order chi connectivity index (χ0) is 14.5. The molecule has 0 radical (unpaired) electrons. The molecule has 1 atom stereocenters. The summed E-state index contributed by atoms with van der Waals surface area (Å²) in [7, 11) is 1.52. The first-order valence-electron chi connectivity index (χ1n) is 6.63. The number of ether oxygens (including phenoxy) is 1. The van der Waals surface area contributed by atoms with Gasteiger partial charge < -0.3 is 15.2 Å². The van der Waals surface area contributed by atoms with Crippen LogP contribution in [-0.4, -0.2) is 42.3 Å². The maximum absolute atomic E-state index is 13.9. The number of carboxylic acid groups (broad SMARTS) is 1. The highest BCUT2D eigenvalue weighted by Gasteiger charge is 2.23. The van der Waals surface area contributed by atoms with E-state index >= 15 is 0 Å². The highest BCUT2D eigenvalue weighted by Crippen LogP contribution is 2.24. The number of piperidine rings is 1. The van der Waals surface area contributed by atoms with Crippen molar-refractivity contribution >= 4 is 6.09 Å². The van der Waals surface area contributed by atoms with Crippen LogP contribution in [-0.2, 0) is 6.54 Å². The van der Waals surface area contributed by atoms with Crippen molar-refractivity contribution in [2.75, 3.05) is 20.2 Å². The molecular formula is C14H19FN2O3. The van der Waals surface area contributed by atoms with E-state index in [0.717, 1.165) is 19.4 Å². The molecule has 1 aliphatic heterocycles. The first kappa shape index (κ1) is 14.6. The molecule has 0 aliphatic carbocycles. The first-order valence-corrected chi connectivity index (χ1v) is 6.63. The van der Waals surface area contributed by atoms with Crippen molar-refractivity contribution in [1.82, 2.24) is 10.2 Å². The maximum Gasteiger partial charge on any atom is 0.404 e. The third kappa shape index (κ3) is 3.60. The van der Waals surface area contributed by atoms with Gasteiger partial charge in [-0.05, 0) is 31.5 Å². The molecule has 0 aromatic heterocycles. The van der Waals surface area contributed by atoms with Gasteiger partial charge in [0.15, 0.2) is 0 Å². The van der Waals surface area contributed by atoms with E-state index in [1.165, 1.54) is 13.2 Å². The van der Waals surface area contributed by atoms with Crippen LogP contribution in [0.15, 0.2) is 18.2 Å². The topological polar surface area (TPSA) is 61.8 Å². The monoisotopic (exact) mass is 282 g/mol. The van der Waals surface area contributed by atoms with E-state index in [-0.39, 0.29) is 11.9 Å². The van der Waals surface area contributed by atoms with Crippen molar-refractivity contribution in [2.45, 2.75) is 25.4 Å². The van der Waals surface area contributed by atoms with Crippen LogP contribution in [0.4, 0.5) is 9.18 Å². The summed E-state index contributed by atoms with van der Waals surface area (Å²) in [5, 5.41) is 11.2. The number of benzene rings is 1. The van der Waals surface area contributed by atoms with E-state index in [1.807, 2.05) is 4.90 Å². The molecule has 0 bridgehead atoms. The number of halogens is 1. The second kappa shape index (κ2) is 6.56. The van der Waals surface area contributed by atoms with Gasteiger partial charge in [-0.25, -0.2) is 9.18 Å². The molecule has 6 heteroatoms. The van der Waals surface area contributed by atoms with Crippen molar-refractivity contribution in [2.24, 2.45) is 0 Å². The van der Waals surface area contributed by atoms with Crippen molar-refractivity contribution in [1.29, 1.82) is 0 Å². The van der Waals surface area contributed by atoms with E-state index in [1.54, 1.807) is 12.1 Å². The zero-order valence-electron chi connectivity index (χ0n) is 11.4. The molecule has 0 spiro atoms. The maximum atomic E-state index is 13.9. The molecule has 1 aliphatic rings. The molecule has 1 amide bonds. The van der Waals surface area contributed by atoms with Gasteiger partial charge in [0.2, 0.25) is 0 Å². The largest absolute Gasteiger partial charge is 0.496 e. The fraction of sp³-hybridized carbons (Fsp3) is 0.500. The molecule has 1 saturated heterocycles. The normalized spacial score (nSPS) is 19.6. The van der Waals surface area contributed by atoms with E-state index < -0.39 is 6.09 Å². The Hall–Kier alpha value is -1.82. The third-order valence-electron chi connectivity index (χ3n) is 3.51. The number of methoxy groups -OCH3 is 1. The van der Waals surface area contributed by atoms with Crippen molar-refractivity contribution in [3.05, 3.63) is 29.6 Å². The van der Waals surface area contributed by atoms with Gasteiger partial charge in [-0.15, -0.1) is 0 Å². The number of amides is 1. The summed E-state index contributed by atoms with van der Waals surface area (Å²) >= 11 is 0. The number of rotatable bonds is 4. The lowest BCUT2D eigenvalue weighted by Gasteiger charge is -2.32. The number of nitrogens with zero attached hydrogens (tertiary/aromatic N) is 1. The first-order chi connectivity index (χ1) is 9.60. The highest BCUT2D eigenvalue weighted by atomic mass is 19.1. The summed E-state index contributed by atoms with van der Waals surface area (Å²) in [6.07, 6.45) is 0.694. The standard InChI is InChI=1S/C14H19FN2O3/c1-20-13-6-2-5-12(15)11(13)9-17-7-3-4-10(8-17)16-14(18)19/h2,5-6,10,16H,3-4,7-9H2,1H3,(H,18,19). The lowest BCUT2D eigenvalue weighted by atomic mass is 10.0. The predicted octanol–water partition coefficient (Wildman–Crippen LogP) is 2.07. The Morgan fingerprint density at radius 1 is 1.60 bits per heavy atom. The average molecular weight is 282 g/mol. The van der Waals surface area contributed by atoms with Gasteiger partial charge in [-0.2, -0.15) is 0 Å². The van der Waals surface area contributed by atoms with Crippen molar-refractivity contribution in [3.8, 4) is 5.75 Å². The van der Waals surface area contributed by atoms with Gasteiger partial charge in [0.25, 0.3) is 0 Å². The lowest BCUT2D eigenvalue weighted by molar-refractivity contribution is 0.158. The van der Waals surface area contributed by atoms with Crippen LogP contribution in [0.25, 0.3) is 0 Å². The fourth-order valence-corrected chi connectivity index (χ4v) is 2.60. The molecule has 20 heavy (non-hydrogen) atoms. The van der Waals surface area contributed by atoms with Gasteiger partial charge >= 0.3 is 6.09 Å². The molecule has 5 nitrogen and oxygen atoms in total.